The van der Waals surface area contributed by atoms with Crippen LogP contribution in [0.5, 0.6) is 11.5 Å². The van der Waals surface area contributed by atoms with Gasteiger partial charge < -0.3 is 14.8 Å². The van der Waals surface area contributed by atoms with Gasteiger partial charge in [0.25, 0.3) is 0 Å². The van der Waals surface area contributed by atoms with Gasteiger partial charge in [-0.3, -0.25) is 4.79 Å². The fourth-order valence-corrected chi connectivity index (χ4v) is 5.31. The van der Waals surface area contributed by atoms with Crippen molar-refractivity contribution in [2.75, 3.05) is 39.6 Å². The molecule has 1 saturated heterocycles. The third kappa shape index (κ3) is 6.15. The number of ether oxygens (including phenoxy) is 2. The zero-order valence-electron chi connectivity index (χ0n) is 17.7. The maximum absolute atomic E-state index is 12.8. The van der Waals surface area contributed by atoms with E-state index in [4.69, 9.17) is 9.47 Å². The smallest absolute Gasteiger partial charge is 0.243 e. The molecule has 0 atom stereocenters. The molecular weight excluding hydrogens is 436 g/mol. The first-order valence-electron chi connectivity index (χ1n) is 10.1. The minimum Gasteiger partial charge on any atom is -0.497 e. The van der Waals surface area contributed by atoms with Crippen LogP contribution in [0, 0.1) is 5.92 Å². The van der Waals surface area contributed by atoms with Gasteiger partial charge in [-0.25, -0.2) is 8.42 Å². The summed E-state index contributed by atoms with van der Waals surface area (Å²) in [7, 11) is -1.94. The van der Waals surface area contributed by atoms with Gasteiger partial charge in [0.15, 0.2) is 0 Å². The van der Waals surface area contributed by atoms with Crippen molar-refractivity contribution >= 4 is 27.7 Å². The van der Waals surface area contributed by atoms with E-state index in [1.54, 1.807) is 37.1 Å². The second-order valence-corrected chi connectivity index (χ2v) is 9.99. The maximum Gasteiger partial charge on any atom is 0.243 e. The summed E-state index contributed by atoms with van der Waals surface area (Å²) in [5.41, 5.74) is 0. The number of benzene rings is 2. The van der Waals surface area contributed by atoms with E-state index in [1.165, 1.54) is 4.31 Å². The largest absolute Gasteiger partial charge is 0.497 e. The van der Waals surface area contributed by atoms with Gasteiger partial charge >= 0.3 is 0 Å². The number of hydrogen-bond donors (Lipinski definition) is 1. The number of rotatable bonds is 9. The van der Waals surface area contributed by atoms with Crippen molar-refractivity contribution in [2.45, 2.75) is 22.6 Å². The van der Waals surface area contributed by atoms with Gasteiger partial charge in [0.2, 0.25) is 15.9 Å². The monoisotopic (exact) mass is 464 g/mol. The second kappa shape index (κ2) is 10.9. The van der Waals surface area contributed by atoms with Crippen molar-refractivity contribution in [3.63, 3.8) is 0 Å². The number of methoxy groups -OCH3 is 1. The molecule has 1 aliphatic rings. The van der Waals surface area contributed by atoms with E-state index in [9.17, 15) is 13.2 Å². The fourth-order valence-electron chi connectivity index (χ4n) is 3.43. The standard InChI is InChI=1S/C22H28N2O5S2/c1-28-18-4-3-5-19(16-18)29-15-12-23-22(25)17-10-13-24(14-11-17)31(26,27)21-8-6-20(30-2)7-9-21/h3-9,16-17H,10-15H2,1-2H3,(H,23,25). The topological polar surface area (TPSA) is 84.9 Å². The number of amides is 1. The van der Waals surface area contributed by atoms with Crippen LogP contribution < -0.4 is 14.8 Å². The van der Waals surface area contributed by atoms with Crippen LogP contribution in [0.3, 0.4) is 0 Å². The molecule has 7 nitrogen and oxygen atoms in total. The SMILES string of the molecule is COc1cccc(OCCNC(=O)C2CCN(S(=O)(=O)c3ccc(SC)cc3)CC2)c1. The Balaban J connectivity index is 1.43. The van der Waals surface area contributed by atoms with Crippen LogP contribution in [-0.2, 0) is 14.8 Å². The zero-order chi connectivity index (χ0) is 22.3. The van der Waals surface area contributed by atoms with Crippen LogP contribution in [0.4, 0.5) is 0 Å². The lowest BCUT2D eigenvalue weighted by Crippen LogP contribution is -2.43. The van der Waals surface area contributed by atoms with Gasteiger partial charge in [0.05, 0.1) is 18.6 Å². The third-order valence-electron chi connectivity index (χ3n) is 5.23. The molecule has 31 heavy (non-hydrogen) atoms. The Morgan fingerprint density at radius 1 is 1.13 bits per heavy atom. The molecular formula is C22H28N2O5S2. The molecule has 0 spiro atoms. The molecule has 2 aromatic rings. The van der Waals surface area contributed by atoms with Crippen LogP contribution in [0.15, 0.2) is 58.3 Å². The lowest BCUT2D eigenvalue weighted by Gasteiger charge is -2.30. The van der Waals surface area contributed by atoms with Crippen molar-refractivity contribution in [1.82, 2.24) is 9.62 Å². The summed E-state index contributed by atoms with van der Waals surface area (Å²) in [6, 6.07) is 14.2. The minimum absolute atomic E-state index is 0.0596. The van der Waals surface area contributed by atoms with Gasteiger partial charge in [-0.05, 0) is 55.5 Å². The molecule has 1 fully saturated rings. The number of hydrogen-bond acceptors (Lipinski definition) is 6. The Labute approximate surface area is 188 Å². The Hall–Kier alpha value is -2.23. The number of sulfonamides is 1. The van der Waals surface area contributed by atoms with Crippen LogP contribution in [0.25, 0.3) is 0 Å². The molecule has 0 aromatic heterocycles. The summed E-state index contributed by atoms with van der Waals surface area (Å²) in [6.45, 7) is 1.41. The van der Waals surface area contributed by atoms with Crippen molar-refractivity contribution in [3.05, 3.63) is 48.5 Å². The Morgan fingerprint density at radius 2 is 1.81 bits per heavy atom. The molecule has 0 radical (unpaired) electrons. The molecule has 1 aliphatic heterocycles. The number of nitrogens with zero attached hydrogens (tertiary/aromatic N) is 1. The van der Waals surface area contributed by atoms with Crippen LogP contribution in [0.2, 0.25) is 0 Å². The van der Waals surface area contributed by atoms with Gasteiger partial charge in [-0.1, -0.05) is 6.07 Å². The minimum atomic E-state index is -3.53. The second-order valence-electron chi connectivity index (χ2n) is 7.17. The molecule has 0 unspecified atom stereocenters. The quantitative estimate of drug-likeness (QED) is 0.454. The molecule has 1 heterocycles. The Bertz CT molecular complexity index is 972. The number of carbonyl (C=O) groups is 1. The van der Waals surface area contributed by atoms with E-state index in [2.05, 4.69) is 5.32 Å². The van der Waals surface area contributed by atoms with E-state index in [-0.39, 0.29) is 11.8 Å². The molecule has 3 rings (SSSR count). The summed E-state index contributed by atoms with van der Waals surface area (Å²) in [5, 5.41) is 2.88. The van der Waals surface area contributed by atoms with Crippen LogP contribution >= 0.6 is 11.8 Å². The lowest BCUT2D eigenvalue weighted by molar-refractivity contribution is -0.126. The summed E-state index contributed by atoms with van der Waals surface area (Å²) in [6.07, 6.45) is 2.96. The average Bonchev–Trinajstić information content (AvgIpc) is 2.82. The number of piperidine rings is 1. The summed E-state index contributed by atoms with van der Waals surface area (Å²) in [4.78, 5) is 13.8. The number of carbonyl (C=O) groups excluding carboxylic acids is 1. The molecule has 168 valence electrons. The molecule has 9 heteroatoms. The lowest BCUT2D eigenvalue weighted by atomic mass is 9.97. The van der Waals surface area contributed by atoms with E-state index < -0.39 is 10.0 Å². The first kappa shape index (κ1) is 23.4. The molecule has 1 N–H and O–H groups in total. The van der Waals surface area contributed by atoms with E-state index in [0.717, 1.165) is 4.90 Å². The molecule has 1 amide bonds. The predicted molar refractivity (Wildman–Crippen MR) is 121 cm³/mol. The molecule has 0 bridgehead atoms. The molecule has 2 aromatic carbocycles. The van der Waals surface area contributed by atoms with E-state index in [0.29, 0.717) is 55.5 Å². The van der Waals surface area contributed by atoms with Crippen molar-refractivity contribution in [3.8, 4) is 11.5 Å². The van der Waals surface area contributed by atoms with Gasteiger partial charge in [0, 0.05) is 30.0 Å². The van der Waals surface area contributed by atoms with Crippen LogP contribution in [-0.4, -0.2) is 58.2 Å². The number of thioether (sulfide) groups is 1. The first-order chi connectivity index (χ1) is 14.9. The highest BCUT2D eigenvalue weighted by atomic mass is 32.2. The van der Waals surface area contributed by atoms with Crippen LogP contribution in [0.1, 0.15) is 12.8 Å². The summed E-state index contributed by atoms with van der Waals surface area (Å²) < 4.78 is 37.9. The third-order valence-corrected chi connectivity index (χ3v) is 7.89. The van der Waals surface area contributed by atoms with E-state index >= 15 is 0 Å². The number of nitrogens with one attached hydrogen (secondary N) is 1. The van der Waals surface area contributed by atoms with Crippen molar-refractivity contribution in [1.29, 1.82) is 0 Å². The Kier molecular flexibility index (Phi) is 8.22. The highest BCUT2D eigenvalue weighted by Crippen LogP contribution is 2.25. The van der Waals surface area contributed by atoms with Crippen molar-refractivity contribution in [2.24, 2.45) is 5.92 Å². The molecule has 0 saturated carbocycles. The summed E-state index contributed by atoms with van der Waals surface area (Å²) in [5.74, 6) is 1.14. The zero-order valence-corrected chi connectivity index (χ0v) is 19.4. The van der Waals surface area contributed by atoms with Gasteiger partial charge in [-0.15, -0.1) is 11.8 Å². The normalized spacial score (nSPS) is 15.4. The predicted octanol–water partition coefficient (Wildman–Crippen LogP) is 3.01. The fraction of sp³-hybridized carbons (Fsp3) is 0.409. The first-order valence-corrected chi connectivity index (χ1v) is 12.8. The highest BCUT2D eigenvalue weighted by molar-refractivity contribution is 7.98. The highest BCUT2D eigenvalue weighted by Gasteiger charge is 2.31. The molecule has 0 aliphatic carbocycles. The summed E-state index contributed by atoms with van der Waals surface area (Å²) >= 11 is 1.57. The Morgan fingerprint density at radius 3 is 2.45 bits per heavy atom. The van der Waals surface area contributed by atoms with Gasteiger partial charge in [0.1, 0.15) is 18.1 Å². The van der Waals surface area contributed by atoms with E-state index in [1.807, 2.05) is 36.6 Å². The van der Waals surface area contributed by atoms with Crippen molar-refractivity contribution < 1.29 is 22.7 Å². The van der Waals surface area contributed by atoms with Gasteiger partial charge in [-0.2, -0.15) is 4.31 Å². The maximum atomic E-state index is 12.8. The average molecular weight is 465 g/mol.